The monoisotopic (exact) mass is 89.1 g/mol. The van der Waals surface area contributed by atoms with Crippen LogP contribution < -0.4 is 0 Å². The van der Waals surface area contributed by atoms with Crippen molar-refractivity contribution in [2.45, 2.75) is 13.8 Å². The van der Waals surface area contributed by atoms with Gasteiger partial charge in [0.25, 0.3) is 0 Å². The topological polar surface area (TPSA) is 12.8 Å². The Morgan fingerprint density at radius 3 is 2.00 bits per heavy atom. The highest BCUT2D eigenvalue weighted by Crippen LogP contribution is 1.86. The molecule has 38 valence electrons. The van der Waals surface area contributed by atoms with Gasteiger partial charge in [-0.3, -0.25) is 0 Å². The Bertz CT molecular complexity index is 25.1. The Morgan fingerprint density at radius 2 is 2.00 bits per heavy atom. The lowest BCUT2D eigenvalue weighted by Gasteiger charge is -1.94. The predicted octanol–water partition coefficient (Wildman–Crippen LogP) is 0.800. The van der Waals surface area contributed by atoms with Crippen molar-refractivity contribution in [1.82, 2.24) is 0 Å². The Morgan fingerprint density at radius 1 is 1.50 bits per heavy atom. The quantitative estimate of drug-likeness (QED) is 0.444. The van der Waals surface area contributed by atoms with Crippen molar-refractivity contribution in [2.75, 3.05) is 13.7 Å². The van der Waals surface area contributed by atoms with Crippen LogP contribution in [0.1, 0.15) is 13.8 Å². The summed E-state index contributed by atoms with van der Waals surface area (Å²) in [5, 5.41) is 0. The lowest BCUT2D eigenvalue weighted by atomic mass is 10.2. The molecule has 1 N–H and O–H groups in total. The van der Waals surface area contributed by atoms with Gasteiger partial charge in [0.2, 0.25) is 0 Å². The van der Waals surface area contributed by atoms with Crippen LogP contribution in [0, 0.1) is 5.92 Å². The first-order valence-corrected chi connectivity index (χ1v) is 2.33. The molecular formula is C5H13O+. The molecule has 0 bridgehead atoms. The van der Waals surface area contributed by atoms with Crippen molar-refractivity contribution in [2.24, 2.45) is 5.92 Å². The van der Waals surface area contributed by atoms with Crippen LogP contribution in [-0.4, -0.2) is 18.5 Å². The summed E-state index contributed by atoms with van der Waals surface area (Å²) in [5.41, 5.74) is 0. The molecule has 1 nitrogen and oxygen atoms in total. The fourth-order valence-corrected chi connectivity index (χ4v) is 0.365. The van der Waals surface area contributed by atoms with E-state index in [2.05, 4.69) is 18.6 Å². The van der Waals surface area contributed by atoms with Gasteiger partial charge >= 0.3 is 0 Å². The first kappa shape index (κ1) is 5.96. The maximum Gasteiger partial charge on any atom is 0.146 e. The molecule has 0 aromatic carbocycles. The summed E-state index contributed by atoms with van der Waals surface area (Å²) in [5.74, 6) is 0.731. The van der Waals surface area contributed by atoms with Crippen LogP contribution in [0.4, 0.5) is 0 Å². The molecule has 1 heteroatoms. The van der Waals surface area contributed by atoms with E-state index in [1.807, 2.05) is 7.11 Å². The van der Waals surface area contributed by atoms with Crippen LogP contribution in [0.3, 0.4) is 0 Å². The number of ether oxygens (including phenoxy) is 1. The first-order valence-electron chi connectivity index (χ1n) is 2.33. The van der Waals surface area contributed by atoms with E-state index in [1.54, 1.807) is 0 Å². The summed E-state index contributed by atoms with van der Waals surface area (Å²) in [4.78, 5) is 0. The molecule has 0 atom stereocenters. The van der Waals surface area contributed by atoms with Crippen molar-refractivity contribution in [3.63, 3.8) is 0 Å². The lowest BCUT2D eigenvalue weighted by Crippen LogP contribution is -2.00. The van der Waals surface area contributed by atoms with E-state index >= 15 is 0 Å². The summed E-state index contributed by atoms with van der Waals surface area (Å²) >= 11 is 0. The standard InChI is InChI=1S/C5H12O/c1-5(2)4-6-3/h5H,4H2,1-3H3/p+1. The summed E-state index contributed by atoms with van der Waals surface area (Å²) in [6.45, 7) is 5.32. The molecule has 0 heterocycles. The SMILES string of the molecule is C[OH+]CC(C)C. The predicted molar refractivity (Wildman–Crippen MR) is 27.8 cm³/mol. The van der Waals surface area contributed by atoms with Crippen molar-refractivity contribution in [3.05, 3.63) is 0 Å². The van der Waals surface area contributed by atoms with Crippen molar-refractivity contribution < 1.29 is 4.74 Å². The van der Waals surface area contributed by atoms with Gasteiger partial charge in [-0.2, -0.15) is 0 Å². The summed E-state index contributed by atoms with van der Waals surface area (Å²) in [6.07, 6.45) is 0. The van der Waals surface area contributed by atoms with Crippen LogP contribution >= 0.6 is 0 Å². The molecule has 0 saturated carbocycles. The van der Waals surface area contributed by atoms with Crippen LogP contribution in [0.15, 0.2) is 0 Å². The number of hydrogen-bond donors (Lipinski definition) is 0. The van der Waals surface area contributed by atoms with Crippen LogP contribution in [0.5, 0.6) is 0 Å². The normalized spacial score (nSPS) is 10.0. The molecule has 0 amide bonds. The van der Waals surface area contributed by atoms with Gasteiger partial charge in [-0.25, -0.2) is 0 Å². The Labute approximate surface area is 39.3 Å². The molecule has 0 aliphatic carbocycles. The van der Waals surface area contributed by atoms with Crippen LogP contribution in [-0.2, 0) is 0 Å². The van der Waals surface area contributed by atoms with Gasteiger partial charge < -0.3 is 4.74 Å². The molecule has 0 aromatic heterocycles. The van der Waals surface area contributed by atoms with E-state index in [9.17, 15) is 0 Å². The lowest BCUT2D eigenvalue weighted by molar-refractivity contribution is -0.00403. The minimum Gasteiger partial charge on any atom is -0.436 e. The molecule has 0 aromatic rings. The van der Waals surface area contributed by atoms with E-state index in [0.29, 0.717) is 0 Å². The maximum atomic E-state index is 3.94. The van der Waals surface area contributed by atoms with Crippen molar-refractivity contribution in [3.8, 4) is 0 Å². The second kappa shape index (κ2) is 3.16. The fraction of sp³-hybridized carbons (Fsp3) is 1.00. The van der Waals surface area contributed by atoms with Gasteiger partial charge in [-0.15, -0.1) is 0 Å². The van der Waals surface area contributed by atoms with E-state index in [0.717, 1.165) is 12.5 Å². The van der Waals surface area contributed by atoms with Gasteiger partial charge in [-0.1, -0.05) is 13.8 Å². The third-order valence-electron chi connectivity index (χ3n) is 0.548. The van der Waals surface area contributed by atoms with Crippen LogP contribution in [0.2, 0.25) is 0 Å². The second-order valence-corrected chi connectivity index (χ2v) is 1.89. The Kier molecular flexibility index (Phi) is 3.14. The number of aliphatic hydroxyl groups is 2. The van der Waals surface area contributed by atoms with Crippen molar-refractivity contribution >= 4 is 0 Å². The maximum absolute atomic E-state index is 3.94. The molecule has 0 saturated heterocycles. The molecule has 0 rings (SSSR count). The van der Waals surface area contributed by atoms with Gasteiger partial charge in [0.15, 0.2) is 0 Å². The highest BCUT2D eigenvalue weighted by Gasteiger charge is 1.90. The smallest absolute Gasteiger partial charge is 0.146 e. The fourth-order valence-electron chi connectivity index (χ4n) is 0.365. The molecule has 0 unspecified atom stereocenters. The Balaban J connectivity index is 2.63. The number of rotatable bonds is 2. The third-order valence-corrected chi connectivity index (χ3v) is 0.548. The molecule has 0 aliphatic heterocycles. The van der Waals surface area contributed by atoms with Gasteiger partial charge in [0, 0.05) is 5.92 Å². The summed E-state index contributed by atoms with van der Waals surface area (Å²) < 4.78 is 3.94. The summed E-state index contributed by atoms with van der Waals surface area (Å²) in [7, 11) is 1.85. The zero-order chi connectivity index (χ0) is 4.99. The zero-order valence-corrected chi connectivity index (χ0v) is 4.73. The molecule has 0 radical (unpaired) electrons. The largest absolute Gasteiger partial charge is 0.436 e. The molecule has 6 heavy (non-hydrogen) atoms. The average Bonchev–Trinajstić information content (AvgIpc) is 1.35. The van der Waals surface area contributed by atoms with Crippen molar-refractivity contribution in [1.29, 1.82) is 0 Å². The van der Waals surface area contributed by atoms with E-state index in [4.69, 9.17) is 0 Å². The van der Waals surface area contributed by atoms with Gasteiger partial charge in [0.05, 0.1) is 0 Å². The minimum absolute atomic E-state index is 0.731. The Hall–Kier alpha value is -0.0400. The average molecular weight is 89.2 g/mol. The minimum atomic E-state index is 0.731. The van der Waals surface area contributed by atoms with E-state index in [-0.39, 0.29) is 0 Å². The number of hydrogen-bond acceptors (Lipinski definition) is 0. The molecule has 0 aliphatic rings. The highest BCUT2D eigenvalue weighted by atomic mass is 16.5. The van der Waals surface area contributed by atoms with Crippen LogP contribution in [0.25, 0.3) is 0 Å². The first-order chi connectivity index (χ1) is 2.77. The molecule has 0 spiro atoms. The zero-order valence-electron chi connectivity index (χ0n) is 4.73. The second-order valence-electron chi connectivity index (χ2n) is 1.89. The molecular weight excluding hydrogens is 76.1 g/mol. The summed E-state index contributed by atoms with van der Waals surface area (Å²) in [6, 6.07) is 0. The third kappa shape index (κ3) is 3.96. The van der Waals surface area contributed by atoms with Gasteiger partial charge in [0.1, 0.15) is 13.7 Å². The van der Waals surface area contributed by atoms with E-state index < -0.39 is 0 Å². The highest BCUT2D eigenvalue weighted by molar-refractivity contribution is 4.34. The molecule has 0 fully saturated rings. The van der Waals surface area contributed by atoms with Gasteiger partial charge in [-0.05, 0) is 0 Å². The van der Waals surface area contributed by atoms with E-state index in [1.165, 1.54) is 0 Å².